The first-order valence-electron chi connectivity index (χ1n) is 8.15. The molecule has 0 radical (unpaired) electrons. The molecule has 1 amide bonds. The van der Waals surface area contributed by atoms with E-state index in [1.54, 1.807) is 0 Å². The van der Waals surface area contributed by atoms with Crippen LogP contribution in [0.15, 0.2) is 59.1 Å². The van der Waals surface area contributed by atoms with Gasteiger partial charge >= 0.3 is 0 Å². The molecule has 1 atom stereocenters. The summed E-state index contributed by atoms with van der Waals surface area (Å²) in [5, 5.41) is 0. The number of carbonyl (C=O) groups is 1. The van der Waals surface area contributed by atoms with Gasteiger partial charge in [-0.1, -0.05) is 52.3 Å². The summed E-state index contributed by atoms with van der Waals surface area (Å²) in [5.41, 5.74) is 6.81. The zero-order chi connectivity index (χ0) is 16.9. The quantitative estimate of drug-likeness (QED) is 0.807. The van der Waals surface area contributed by atoms with Gasteiger partial charge in [-0.25, -0.2) is 0 Å². The van der Waals surface area contributed by atoms with Crippen molar-refractivity contribution < 1.29 is 9.53 Å². The highest BCUT2D eigenvalue weighted by Crippen LogP contribution is 2.27. The SMILES string of the molecule is Cl.NC1CCN(C(=O)C(Oc2cccc(Br)c2)c2ccccc2)CC1. The first-order chi connectivity index (χ1) is 11.6. The Balaban J connectivity index is 0.00000225. The Labute approximate surface area is 162 Å². The Morgan fingerprint density at radius 2 is 1.80 bits per heavy atom. The predicted molar refractivity (Wildman–Crippen MR) is 105 cm³/mol. The van der Waals surface area contributed by atoms with Gasteiger partial charge in [0, 0.05) is 29.2 Å². The molecule has 0 saturated carbocycles. The van der Waals surface area contributed by atoms with E-state index in [1.165, 1.54) is 0 Å². The molecule has 134 valence electrons. The summed E-state index contributed by atoms with van der Waals surface area (Å²) in [4.78, 5) is 14.9. The van der Waals surface area contributed by atoms with Crippen molar-refractivity contribution in [3.05, 3.63) is 64.6 Å². The lowest BCUT2D eigenvalue weighted by atomic mass is 10.0. The lowest BCUT2D eigenvalue weighted by molar-refractivity contribution is -0.140. The number of nitrogens with two attached hydrogens (primary N) is 1. The number of amides is 1. The van der Waals surface area contributed by atoms with Crippen LogP contribution in [-0.4, -0.2) is 29.9 Å². The van der Waals surface area contributed by atoms with E-state index in [1.807, 2.05) is 59.5 Å². The average Bonchev–Trinajstić information content (AvgIpc) is 2.61. The molecule has 1 heterocycles. The number of ether oxygens (including phenoxy) is 1. The number of rotatable bonds is 4. The van der Waals surface area contributed by atoms with Crippen molar-refractivity contribution in [1.82, 2.24) is 4.90 Å². The minimum atomic E-state index is -0.644. The number of carbonyl (C=O) groups excluding carboxylic acids is 1. The summed E-state index contributed by atoms with van der Waals surface area (Å²) >= 11 is 3.44. The molecule has 0 spiro atoms. The summed E-state index contributed by atoms with van der Waals surface area (Å²) in [5.74, 6) is 0.661. The molecule has 1 aliphatic heterocycles. The molecule has 0 aromatic heterocycles. The van der Waals surface area contributed by atoms with E-state index in [2.05, 4.69) is 15.9 Å². The van der Waals surface area contributed by atoms with Crippen LogP contribution in [0.2, 0.25) is 0 Å². The highest BCUT2D eigenvalue weighted by molar-refractivity contribution is 9.10. The van der Waals surface area contributed by atoms with E-state index in [0.717, 1.165) is 22.9 Å². The number of hydrogen-bond acceptors (Lipinski definition) is 3. The third kappa shape index (κ3) is 5.21. The van der Waals surface area contributed by atoms with Crippen molar-refractivity contribution in [3.63, 3.8) is 0 Å². The summed E-state index contributed by atoms with van der Waals surface area (Å²) in [7, 11) is 0. The van der Waals surface area contributed by atoms with Gasteiger partial charge in [0.2, 0.25) is 6.10 Å². The molecule has 1 unspecified atom stereocenters. The van der Waals surface area contributed by atoms with E-state index >= 15 is 0 Å². The lowest BCUT2D eigenvalue weighted by Gasteiger charge is -2.33. The molecule has 2 aromatic rings. The molecule has 1 aliphatic rings. The normalized spacial score (nSPS) is 16.0. The highest BCUT2D eigenvalue weighted by Gasteiger charge is 2.30. The second-order valence-corrected chi connectivity index (χ2v) is 6.94. The average molecular weight is 426 g/mol. The number of likely N-dealkylation sites (tertiary alicyclic amines) is 1. The fraction of sp³-hybridized carbons (Fsp3) is 0.316. The Kier molecular flexibility index (Phi) is 7.29. The third-order valence-electron chi connectivity index (χ3n) is 4.23. The number of piperidine rings is 1. The Hall–Kier alpha value is -1.56. The van der Waals surface area contributed by atoms with E-state index < -0.39 is 6.10 Å². The van der Waals surface area contributed by atoms with Gasteiger partial charge in [0.15, 0.2) is 0 Å². The van der Waals surface area contributed by atoms with Crippen molar-refractivity contribution in [3.8, 4) is 5.75 Å². The van der Waals surface area contributed by atoms with Crippen molar-refractivity contribution in [2.24, 2.45) is 5.73 Å². The van der Waals surface area contributed by atoms with Crippen molar-refractivity contribution >= 4 is 34.2 Å². The molecule has 2 aromatic carbocycles. The minimum absolute atomic E-state index is 0. The van der Waals surface area contributed by atoms with Crippen LogP contribution in [-0.2, 0) is 4.79 Å². The zero-order valence-electron chi connectivity index (χ0n) is 13.8. The predicted octanol–water partition coefficient (Wildman–Crippen LogP) is 3.94. The van der Waals surface area contributed by atoms with E-state index in [4.69, 9.17) is 10.5 Å². The third-order valence-corrected chi connectivity index (χ3v) is 4.72. The molecular weight excluding hydrogens is 404 g/mol. The van der Waals surface area contributed by atoms with Crippen LogP contribution < -0.4 is 10.5 Å². The summed E-state index contributed by atoms with van der Waals surface area (Å²) in [6.07, 6.45) is 1.03. The standard InChI is InChI=1S/C19H21BrN2O2.ClH/c20-15-7-4-8-17(13-15)24-18(14-5-2-1-3-6-14)19(23)22-11-9-16(21)10-12-22;/h1-8,13,16,18H,9-12,21H2;1H. The van der Waals surface area contributed by atoms with Crippen LogP contribution in [0.4, 0.5) is 0 Å². The smallest absolute Gasteiger partial charge is 0.268 e. The Morgan fingerprint density at radius 1 is 1.12 bits per heavy atom. The Morgan fingerprint density at radius 3 is 2.44 bits per heavy atom. The highest BCUT2D eigenvalue weighted by atomic mass is 79.9. The number of nitrogens with zero attached hydrogens (tertiary/aromatic N) is 1. The van der Waals surface area contributed by atoms with Crippen molar-refractivity contribution in [1.29, 1.82) is 0 Å². The second-order valence-electron chi connectivity index (χ2n) is 6.03. The molecule has 2 N–H and O–H groups in total. The maximum absolute atomic E-state index is 13.0. The zero-order valence-corrected chi connectivity index (χ0v) is 16.2. The van der Waals surface area contributed by atoms with Gasteiger partial charge in [-0.3, -0.25) is 4.79 Å². The van der Waals surface area contributed by atoms with E-state index in [9.17, 15) is 4.79 Å². The van der Waals surface area contributed by atoms with Crippen LogP contribution in [0.25, 0.3) is 0 Å². The molecule has 0 aliphatic carbocycles. The van der Waals surface area contributed by atoms with Gasteiger partial charge in [-0.2, -0.15) is 0 Å². The van der Waals surface area contributed by atoms with Gasteiger partial charge in [0.25, 0.3) is 5.91 Å². The van der Waals surface area contributed by atoms with Gasteiger partial charge in [0.05, 0.1) is 0 Å². The topological polar surface area (TPSA) is 55.6 Å². The molecule has 0 bridgehead atoms. The number of halogens is 2. The molecule has 3 rings (SSSR count). The molecule has 1 fully saturated rings. The first-order valence-corrected chi connectivity index (χ1v) is 8.94. The minimum Gasteiger partial charge on any atom is -0.476 e. The fourth-order valence-electron chi connectivity index (χ4n) is 2.85. The van der Waals surface area contributed by atoms with Crippen LogP contribution in [0.3, 0.4) is 0 Å². The second kappa shape index (κ2) is 9.22. The van der Waals surface area contributed by atoms with Crippen LogP contribution in [0.5, 0.6) is 5.75 Å². The van der Waals surface area contributed by atoms with Crippen LogP contribution in [0, 0.1) is 0 Å². The number of benzene rings is 2. The van der Waals surface area contributed by atoms with Gasteiger partial charge in [-0.05, 0) is 31.0 Å². The first kappa shape index (κ1) is 19.8. The molecule has 25 heavy (non-hydrogen) atoms. The van der Waals surface area contributed by atoms with Gasteiger partial charge in [-0.15, -0.1) is 12.4 Å². The van der Waals surface area contributed by atoms with Gasteiger partial charge < -0.3 is 15.4 Å². The van der Waals surface area contributed by atoms with Crippen molar-refractivity contribution in [2.45, 2.75) is 25.0 Å². The maximum Gasteiger partial charge on any atom is 0.268 e. The Bertz CT molecular complexity index is 691. The summed E-state index contributed by atoms with van der Waals surface area (Å²) in [6.45, 7) is 1.37. The van der Waals surface area contributed by atoms with Crippen LogP contribution in [0.1, 0.15) is 24.5 Å². The van der Waals surface area contributed by atoms with Crippen LogP contribution >= 0.6 is 28.3 Å². The van der Waals surface area contributed by atoms with Crippen molar-refractivity contribution in [2.75, 3.05) is 13.1 Å². The van der Waals surface area contributed by atoms with E-state index in [0.29, 0.717) is 18.8 Å². The summed E-state index contributed by atoms with van der Waals surface area (Å²) < 4.78 is 6.99. The molecule has 4 nitrogen and oxygen atoms in total. The summed E-state index contributed by atoms with van der Waals surface area (Å²) in [6, 6.07) is 17.4. The fourth-order valence-corrected chi connectivity index (χ4v) is 3.23. The number of hydrogen-bond donors (Lipinski definition) is 1. The lowest BCUT2D eigenvalue weighted by Crippen LogP contribution is -2.45. The maximum atomic E-state index is 13.0. The molecule has 1 saturated heterocycles. The largest absolute Gasteiger partial charge is 0.476 e. The molecule has 6 heteroatoms. The monoisotopic (exact) mass is 424 g/mol. The van der Waals surface area contributed by atoms with E-state index in [-0.39, 0.29) is 24.4 Å². The molecular formula is C19H22BrClN2O2. The van der Waals surface area contributed by atoms with Gasteiger partial charge in [0.1, 0.15) is 5.75 Å².